The minimum Gasteiger partial charge on any atom is -0.448 e. The molecule has 1 aliphatic heterocycles. The zero-order chi connectivity index (χ0) is 16.7. The molecule has 6 heteroatoms. The predicted octanol–water partition coefficient (Wildman–Crippen LogP) is 2.54. The largest absolute Gasteiger partial charge is 0.448 e. The van der Waals surface area contributed by atoms with Crippen molar-refractivity contribution in [3.8, 4) is 0 Å². The Morgan fingerprint density at radius 3 is 3.00 bits per heavy atom. The van der Waals surface area contributed by atoms with Gasteiger partial charge in [-0.3, -0.25) is 14.2 Å². The lowest BCUT2D eigenvalue weighted by Gasteiger charge is -2.33. The topological polar surface area (TPSA) is 68.3 Å². The van der Waals surface area contributed by atoms with Gasteiger partial charge < -0.3 is 9.32 Å². The van der Waals surface area contributed by atoms with E-state index < -0.39 is 0 Å². The lowest BCUT2D eigenvalue weighted by molar-refractivity contribution is -0.135. The van der Waals surface area contributed by atoms with Crippen molar-refractivity contribution >= 4 is 28.0 Å². The molecule has 1 aliphatic rings. The molecule has 1 fully saturated rings. The minimum atomic E-state index is -0.311. The van der Waals surface area contributed by atoms with E-state index >= 15 is 0 Å². The van der Waals surface area contributed by atoms with Crippen LogP contribution in [0.15, 0.2) is 39.8 Å². The number of amides is 1. The summed E-state index contributed by atoms with van der Waals surface area (Å²) in [5.74, 6) is -0.0402. The summed E-state index contributed by atoms with van der Waals surface area (Å²) in [6.45, 7) is 2.82. The van der Waals surface area contributed by atoms with Gasteiger partial charge in [0.25, 0.3) is 5.56 Å². The molecule has 1 atom stereocenters. The van der Waals surface area contributed by atoms with Crippen molar-refractivity contribution in [2.45, 2.75) is 38.8 Å². The molecule has 1 amide bonds. The molecule has 0 unspecified atom stereocenters. The van der Waals surface area contributed by atoms with Gasteiger partial charge in [0.2, 0.25) is 11.5 Å². The molecule has 0 bridgehead atoms. The third kappa shape index (κ3) is 2.38. The van der Waals surface area contributed by atoms with Crippen molar-refractivity contribution < 1.29 is 9.21 Å². The molecule has 2 aromatic heterocycles. The molecular formula is C18H19N3O3. The van der Waals surface area contributed by atoms with E-state index in [4.69, 9.17) is 4.42 Å². The smallest absolute Gasteiger partial charge is 0.297 e. The van der Waals surface area contributed by atoms with Crippen LogP contribution in [0.2, 0.25) is 0 Å². The first-order valence-electron chi connectivity index (χ1n) is 8.31. The Hall–Kier alpha value is -2.63. The number of benzene rings is 1. The van der Waals surface area contributed by atoms with E-state index in [0.29, 0.717) is 11.1 Å². The van der Waals surface area contributed by atoms with Gasteiger partial charge in [0.05, 0.1) is 6.33 Å². The van der Waals surface area contributed by atoms with Crippen molar-refractivity contribution in [3.63, 3.8) is 0 Å². The number of carbonyl (C=O) groups is 1. The Morgan fingerprint density at radius 2 is 2.17 bits per heavy atom. The number of likely N-dealkylation sites (tertiary alicyclic amines) is 1. The van der Waals surface area contributed by atoms with E-state index in [9.17, 15) is 9.59 Å². The van der Waals surface area contributed by atoms with Gasteiger partial charge in [-0.05, 0) is 38.3 Å². The lowest BCUT2D eigenvalue weighted by atomic mass is 10.0. The van der Waals surface area contributed by atoms with Gasteiger partial charge in [0.1, 0.15) is 17.6 Å². The number of hydrogen-bond donors (Lipinski definition) is 0. The number of fused-ring (bicyclic) bond motifs is 3. The van der Waals surface area contributed by atoms with Crippen LogP contribution in [0.25, 0.3) is 22.1 Å². The van der Waals surface area contributed by atoms with Crippen LogP contribution in [-0.2, 0) is 11.3 Å². The molecular weight excluding hydrogens is 306 g/mol. The molecule has 4 rings (SSSR count). The van der Waals surface area contributed by atoms with Crippen molar-refractivity contribution in [3.05, 3.63) is 40.9 Å². The maximum absolute atomic E-state index is 12.7. The quantitative estimate of drug-likeness (QED) is 0.726. The maximum Gasteiger partial charge on any atom is 0.297 e. The van der Waals surface area contributed by atoms with Gasteiger partial charge in [-0.1, -0.05) is 12.1 Å². The van der Waals surface area contributed by atoms with Gasteiger partial charge in [-0.2, -0.15) is 0 Å². The summed E-state index contributed by atoms with van der Waals surface area (Å²) in [5.41, 5.74) is 1.07. The number of carbonyl (C=O) groups excluding carboxylic acids is 1. The summed E-state index contributed by atoms with van der Waals surface area (Å²) in [5, 5.41) is 0.813. The zero-order valence-corrected chi connectivity index (χ0v) is 13.6. The Labute approximate surface area is 138 Å². The lowest BCUT2D eigenvalue weighted by Crippen LogP contribution is -2.44. The Kier molecular flexibility index (Phi) is 3.59. The van der Waals surface area contributed by atoms with Crippen LogP contribution in [0, 0.1) is 0 Å². The molecule has 1 aromatic carbocycles. The van der Waals surface area contributed by atoms with Crippen LogP contribution < -0.4 is 5.56 Å². The number of furan rings is 1. The van der Waals surface area contributed by atoms with Crippen molar-refractivity contribution in [1.82, 2.24) is 14.5 Å². The van der Waals surface area contributed by atoms with Crippen LogP contribution in [0.3, 0.4) is 0 Å². The molecule has 0 radical (unpaired) electrons. The molecule has 3 aromatic rings. The molecule has 1 saturated heterocycles. The van der Waals surface area contributed by atoms with Gasteiger partial charge in [-0.15, -0.1) is 0 Å². The summed E-state index contributed by atoms with van der Waals surface area (Å²) < 4.78 is 6.99. The van der Waals surface area contributed by atoms with Crippen molar-refractivity contribution in [2.24, 2.45) is 0 Å². The van der Waals surface area contributed by atoms with Gasteiger partial charge in [0.15, 0.2) is 0 Å². The molecule has 0 N–H and O–H groups in total. The highest BCUT2D eigenvalue weighted by Crippen LogP contribution is 2.24. The highest BCUT2D eigenvalue weighted by atomic mass is 16.3. The second kappa shape index (κ2) is 5.78. The second-order valence-corrected chi connectivity index (χ2v) is 6.39. The minimum absolute atomic E-state index is 0.00313. The van der Waals surface area contributed by atoms with E-state index in [2.05, 4.69) is 11.9 Å². The molecule has 0 aliphatic carbocycles. The first-order valence-corrected chi connectivity index (χ1v) is 8.31. The average Bonchev–Trinajstić information content (AvgIpc) is 2.97. The fourth-order valence-corrected chi connectivity index (χ4v) is 3.43. The summed E-state index contributed by atoms with van der Waals surface area (Å²) in [7, 11) is 0. The van der Waals surface area contributed by atoms with E-state index in [1.165, 1.54) is 10.9 Å². The fraction of sp³-hybridized carbons (Fsp3) is 0.389. The molecule has 24 heavy (non-hydrogen) atoms. The Morgan fingerprint density at radius 1 is 1.33 bits per heavy atom. The molecule has 6 nitrogen and oxygen atoms in total. The van der Waals surface area contributed by atoms with E-state index in [1.54, 1.807) is 6.07 Å². The third-order valence-electron chi connectivity index (χ3n) is 4.78. The third-order valence-corrected chi connectivity index (χ3v) is 4.78. The van der Waals surface area contributed by atoms with Crippen molar-refractivity contribution in [2.75, 3.05) is 6.54 Å². The Balaban J connectivity index is 1.70. The number of piperidine rings is 1. The average molecular weight is 325 g/mol. The first-order chi connectivity index (χ1) is 11.6. The molecule has 0 spiro atoms. The van der Waals surface area contributed by atoms with E-state index in [1.807, 2.05) is 23.1 Å². The fourth-order valence-electron chi connectivity index (χ4n) is 3.43. The zero-order valence-electron chi connectivity index (χ0n) is 13.6. The number of nitrogens with zero attached hydrogens (tertiary/aromatic N) is 3. The normalized spacial score (nSPS) is 18.4. The standard InChI is InChI=1S/C18H19N3O3/c1-12-6-4-5-9-21(12)15(22)10-20-11-19-16-13-7-2-3-8-14(13)24-17(16)18(20)23/h2-3,7-8,11-12H,4-6,9-10H2,1H3/t12-/m0/s1. The van der Waals surface area contributed by atoms with Crippen LogP contribution >= 0.6 is 0 Å². The van der Waals surface area contributed by atoms with E-state index in [0.717, 1.165) is 31.2 Å². The number of aromatic nitrogens is 2. The summed E-state index contributed by atoms with van der Waals surface area (Å²) in [6.07, 6.45) is 4.63. The highest BCUT2D eigenvalue weighted by molar-refractivity contribution is 6.01. The number of rotatable bonds is 2. The monoisotopic (exact) mass is 325 g/mol. The van der Waals surface area contributed by atoms with Gasteiger partial charge in [-0.25, -0.2) is 4.98 Å². The second-order valence-electron chi connectivity index (χ2n) is 6.39. The van der Waals surface area contributed by atoms with Crippen LogP contribution in [0.4, 0.5) is 0 Å². The van der Waals surface area contributed by atoms with E-state index in [-0.39, 0.29) is 29.6 Å². The van der Waals surface area contributed by atoms with Gasteiger partial charge in [0, 0.05) is 18.0 Å². The first kappa shape index (κ1) is 14.9. The number of hydrogen-bond acceptors (Lipinski definition) is 4. The summed E-state index contributed by atoms with van der Waals surface area (Å²) in [4.78, 5) is 31.4. The Bertz CT molecular complexity index is 972. The maximum atomic E-state index is 12.7. The van der Waals surface area contributed by atoms with Gasteiger partial charge >= 0.3 is 0 Å². The van der Waals surface area contributed by atoms with Crippen LogP contribution in [0.1, 0.15) is 26.2 Å². The number of para-hydroxylation sites is 1. The highest BCUT2D eigenvalue weighted by Gasteiger charge is 2.24. The summed E-state index contributed by atoms with van der Waals surface area (Å²) >= 11 is 0. The van der Waals surface area contributed by atoms with Crippen LogP contribution in [0.5, 0.6) is 0 Å². The predicted molar refractivity (Wildman–Crippen MR) is 90.8 cm³/mol. The molecule has 3 heterocycles. The molecule has 124 valence electrons. The van der Waals surface area contributed by atoms with Crippen LogP contribution in [-0.4, -0.2) is 32.9 Å². The summed E-state index contributed by atoms with van der Waals surface area (Å²) in [6, 6.07) is 7.64. The molecule has 0 saturated carbocycles. The van der Waals surface area contributed by atoms with Crippen molar-refractivity contribution in [1.29, 1.82) is 0 Å². The SMILES string of the molecule is C[C@H]1CCCCN1C(=O)Cn1cnc2c(oc3ccccc32)c1=O.